The largest absolute Gasteiger partial charge is 0.478 e. The van der Waals surface area contributed by atoms with Gasteiger partial charge in [-0.05, 0) is 52.8 Å². The highest BCUT2D eigenvalue weighted by Crippen LogP contribution is 2.32. The molecular weight excluding hydrogens is 597 g/mol. The number of hydrogen-bond acceptors (Lipinski definition) is 8. The molecule has 0 saturated carbocycles. The van der Waals surface area contributed by atoms with Gasteiger partial charge in [-0.1, -0.05) is 78.1 Å². The highest BCUT2D eigenvalue weighted by Gasteiger charge is 2.22. The molecule has 0 unspecified atom stereocenters. The summed E-state index contributed by atoms with van der Waals surface area (Å²) in [6.07, 6.45) is 5.92. The number of carbonyl (C=O) groups is 1. The summed E-state index contributed by atoms with van der Waals surface area (Å²) in [4.78, 5) is 24.9. The number of nitrogens with zero attached hydrogens (tertiary/aromatic N) is 6. The zero-order valence-corrected chi connectivity index (χ0v) is 26.6. The number of piperazine rings is 1. The van der Waals surface area contributed by atoms with Crippen LogP contribution in [-0.2, 0) is 6.42 Å². The lowest BCUT2D eigenvalue weighted by Gasteiger charge is -2.34. The number of hydrogen-bond donors (Lipinski definition) is 2. The van der Waals surface area contributed by atoms with Crippen molar-refractivity contribution >= 4 is 33.0 Å². The van der Waals surface area contributed by atoms with Crippen LogP contribution in [-0.4, -0.2) is 99.5 Å². The van der Waals surface area contributed by atoms with E-state index in [1.54, 1.807) is 17.4 Å². The Morgan fingerprint density at radius 3 is 2.30 bits per heavy atom. The minimum Gasteiger partial charge on any atom is -0.478 e. The molecule has 4 heterocycles. The summed E-state index contributed by atoms with van der Waals surface area (Å²) >= 11 is 1.63. The molecule has 7 rings (SSSR count). The van der Waals surface area contributed by atoms with E-state index in [4.69, 9.17) is 10.1 Å². The molecule has 0 spiro atoms. The van der Waals surface area contributed by atoms with Crippen LogP contribution >= 0.6 is 11.3 Å². The lowest BCUT2D eigenvalue weighted by Crippen LogP contribution is -2.47. The second kappa shape index (κ2) is 13.6. The van der Waals surface area contributed by atoms with E-state index in [-0.39, 0.29) is 6.61 Å². The van der Waals surface area contributed by atoms with E-state index >= 15 is 0 Å². The number of aliphatic hydroxyl groups excluding tert-OH is 1. The van der Waals surface area contributed by atoms with Gasteiger partial charge in [0.15, 0.2) is 0 Å². The quantitative estimate of drug-likeness (QED) is 0.215. The Balaban J connectivity index is 1.01. The van der Waals surface area contributed by atoms with Gasteiger partial charge in [0.25, 0.3) is 0 Å². The molecule has 10 heteroatoms. The molecule has 0 bridgehead atoms. The number of carboxylic acids is 1. The van der Waals surface area contributed by atoms with E-state index in [2.05, 4.69) is 75.4 Å². The Labute approximate surface area is 272 Å². The van der Waals surface area contributed by atoms with Crippen molar-refractivity contribution in [1.82, 2.24) is 24.4 Å². The standard InChI is InChI=1S/C36H38N6O3S/c43-23-22-39-16-13-28(14-17-39)32-24-30(10-11-31(32)34(44)45)27-6-8-29(9-7-27)33-25-42-35(37-33)46-36(38-42)41-20-18-40(19-21-41)15-12-26-4-2-1-3-5-26/h1-11,13,24-25,43H,12,14-23H2,(H,44,45). The van der Waals surface area contributed by atoms with Crippen molar-refractivity contribution in [3.05, 3.63) is 102 Å². The Morgan fingerprint density at radius 1 is 0.848 bits per heavy atom. The van der Waals surface area contributed by atoms with Gasteiger partial charge < -0.3 is 15.1 Å². The van der Waals surface area contributed by atoms with Crippen molar-refractivity contribution in [1.29, 1.82) is 0 Å². The Morgan fingerprint density at radius 2 is 1.61 bits per heavy atom. The second-order valence-electron chi connectivity index (χ2n) is 11.9. The first-order chi connectivity index (χ1) is 22.5. The Bertz CT molecular complexity index is 1810. The summed E-state index contributed by atoms with van der Waals surface area (Å²) in [5, 5.41) is 25.0. The maximum Gasteiger partial charge on any atom is 0.336 e. The number of aromatic carboxylic acids is 1. The number of aromatic nitrogens is 3. The van der Waals surface area contributed by atoms with E-state index in [1.807, 2.05) is 22.8 Å². The number of imidazole rings is 1. The van der Waals surface area contributed by atoms with Crippen LogP contribution in [0.3, 0.4) is 0 Å². The van der Waals surface area contributed by atoms with E-state index in [9.17, 15) is 15.0 Å². The first-order valence-electron chi connectivity index (χ1n) is 15.9. The average molecular weight is 635 g/mol. The number of anilines is 1. The van der Waals surface area contributed by atoms with E-state index in [0.29, 0.717) is 18.7 Å². The summed E-state index contributed by atoms with van der Waals surface area (Å²) < 4.78 is 1.89. The Hall–Kier alpha value is -4.35. The van der Waals surface area contributed by atoms with Crippen LogP contribution in [0.25, 0.3) is 32.9 Å². The SMILES string of the molecule is O=C(O)c1ccc(-c2ccc(-c3cn4nc(N5CCN(CCc6ccccc6)CC5)sc4n3)cc2)cc1C1=CCN(CCO)CC1. The normalized spacial score (nSPS) is 16.2. The van der Waals surface area contributed by atoms with Crippen molar-refractivity contribution in [2.75, 3.05) is 63.9 Å². The molecule has 0 atom stereocenters. The number of aliphatic hydroxyl groups is 1. The molecule has 9 nitrogen and oxygen atoms in total. The zero-order chi connectivity index (χ0) is 31.5. The third-order valence-corrected chi connectivity index (χ3v) is 10.0. The topological polar surface area (TPSA) is 97.4 Å². The van der Waals surface area contributed by atoms with Gasteiger partial charge >= 0.3 is 5.97 Å². The Kier molecular flexibility index (Phi) is 8.94. The summed E-state index contributed by atoms with van der Waals surface area (Å²) in [5.41, 5.74) is 7.40. The predicted octanol–water partition coefficient (Wildman–Crippen LogP) is 5.27. The number of fused-ring (bicyclic) bond motifs is 1. The molecule has 2 aliphatic heterocycles. The van der Waals surface area contributed by atoms with Crippen molar-refractivity contribution in [3.8, 4) is 22.4 Å². The molecule has 2 aromatic heterocycles. The van der Waals surface area contributed by atoms with Crippen LogP contribution in [0.5, 0.6) is 0 Å². The van der Waals surface area contributed by atoms with Gasteiger partial charge in [-0.2, -0.15) is 0 Å². The highest BCUT2D eigenvalue weighted by atomic mass is 32.1. The fraction of sp³-hybridized carbons (Fsp3) is 0.306. The molecule has 46 heavy (non-hydrogen) atoms. The first kappa shape index (κ1) is 30.3. The first-order valence-corrected chi connectivity index (χ1v) is 16.7. The molecule has 0 radical (unpaired) electrons. The molecule has 5 aromatic rings. The summed E-state index contributed by atoms with van der Waals surface area (Å²) in [6, 6.07) is 24.5. The van der Waals surface area contributed by atoms with Gasteiger partial charge in [0.2, 0.25) is 10.1 Å². The fourth-order valence-electron chi connectivity index (χ4n) is 6.36. The maximum absolute atomic E-state index is 12.0. The second-order valence-corrected chi connectivity index (χ2v) is 12.9. The number of benzene rings is 3. The summed E-state index contributed by atoms with van der Waals surface area (Å²) in [7, 11) is 0. The molecule has 236 valence electrons. The van der Waals surface area contributed by atoms with Crippen LogP contribution in [0.1, 0.15) is 27.9 Å². The van der Waals surface area contributed by atoms with Crippen molar-refractivity contribution < 1.29 is 15.0 Å². The smallest absolute Gasteiger partial charge is 0.336 e. The molecular formula is C36H38N6O3S. The van der Waals surface area contributed by atoms with Gasteiger partial charge in [0.05, 0.1) is 24.1 Å². The number of rotatable bonds is 10. The molecule has 2 N–H and O–H groups in total. The minimum absolute atomic E-state index is 0.122. The summed E-state index contributed by atoms with van der Waals surface area (Å²) in [6.45, 7) is 7.34. The van der Waals surface area contributed by atoms with Crippen LogP contribution in [0.2, 0.25) is 0 Å². The highest BCUT2D eigenvalue weighted by molar-refractivity contribution is 7.20. The molecule has 1 fully saturated rings. The van der Waals surface area contributed by atoms with E-state index < -0.39 is 5.97 Å². The summed E-state index contributed by atoms with van der Waals surface area (Å²) in [5.74, 6) is -0.923. The monoisotopic (exact) mass is 634 g/mol. The van der Waals surface area contributed by atoms with E-state index in [0.717, 1.165) is 95.7 Å². The number of carboxylic acid groups (broad SMARTS) is 1. The van der Waals surface area contributed by atoms with Crippen LogP contribution in [0, 0.1) is 0 Å². The number of β-amino-alcohol motifs (C(OH)–C–C–N with tert-alkyl or cyclic N) is 1. The van der Waals surface area contributed by atoms with Crippen molar-refractivity contribution in [2.24, 2.45) is 0 Å². The van der Waals surface area contributed by atoms with Crippen LogP contribution in [0.4, 0.5) is 5.13 Å². The third kappa shape index (κ3) is 6.61. The van der Waals surface area contributed by atoms with Crippen molar-refractivity contribution in [3.63, 3.8) is 0 Å². The van der Waals surface area contributed by atoms with Crippen molar-refractivity contribution in [2.45, 2.75) is 12.8 Å². The van der Waals surface area contributed by atoms with E-state index in [1.165, 1.54) is 5.56 Å². The van der Waals surface area contributed by atoms with Crippen LogP contribution < -0.4 is 4.90 Å². The average Bonchev–Trinajstić information content (AvgIpc) is 3.69. The molecule has 1 saturated heterocycles. The zero-order valence-electron chi connectivity index (χ0n) is 25.8. The fourth-order valence-corrected chi connectivity index (χ4v) is 7.30. The molecule has 3 aromatic carbocycles. The predicted molar refractivity (Wildman–Crippen MR) is 184 cm³/mol. The lowest BCUT2D eigenvalue weighted by atomic mass is 9.91. The van der Waals surface area contributed by atoms with Gasteiger partial charge in [-0.15, -0.1) is 5.10 Å². The van der Waals surface area contributed by atoms with Gasteiger partial charge in [0, 0.05) is 57.9 Å². The van der Waals surface area contributed by atoms with Gasteiger partial charge in [0.1, 0.15) is 0 Å². The molecule has 0 amide bonds. The molecule has 2 aliphatic rings. The maximum atomic E-state index is 12.0. The van der Waals surface area contributed by atoms with Gasteiger partial charge in [-0.25, -0.2) is 14.3 Å². The lowest BCUT2D eigenvalue weighted by molar-refractivity contribution is 0.0696. The van der Waals surface area contributed by atoms with Crippen LogP contribution in [0.15, 0.2) is 85.1 Å². The minimum atomic E-state index is -0.923. The third-order valence-electron chi connectivity index (χ3n) is 9.05. The molecule has 0 aliphatic carbocycles. The van der Waals surface area contributed by atoms with Gasteiger partial charge in [-0.3, -0.25) is 9.80 Å².